The average Bonchev–Trinajstić information content (AvgIpc) is 2.29. The summed E-state index contributed by atoms with van der Waals surface area (Å²) in [4.78, 5) is 11.5. The molecule has 0 aliphatic heterocycles. The number of hydrogen-bond donors (Lipinski definition) is 1. The van der Waals surface area contributed by atoms with Gasteiger partial charge in [0.15, 0.2) is 0 Å². The van der Waals surface area contributed by atoms with Gasteiger partial charge < -0.3 is 5.32 Å². The minimum atomic E-state index is -0.262. The molecule has 0 atom stereocenters. The largest absolute Gasteiger partial charge is 0.351 e. The summed E-state index contributed by atoms with van der Waals surface area (Å²) in [5, 5.41) is 19.5. The average molecular weight is 199 g/mol. The number of nitriles is 2. The minimum Gasteiger partial charge on any atom is -0.351 e. The van der Waals surface area contributed by atoms with Crippen molar-refractivity contribution >= 4 is 5.91 Å². The SMILES string of the molecule is N#CCCNC(=O)c1cccc(C#N)c1. The lowest BCUT2D eigenvalue weighted by molar-refractivity contribution is 0.0954. The first-order chi connectivity index (χ1) is 7.27. The molecule has 0 aromatic heterocycles. The van der Waals surface area contributed by atoms with E-state index >= 15 is 0 Å². The van der Waals surface area contributed by atoms with Gasteiger partial charge in [0.1, 0.15) is 0 Å². The van der Waals surface area contributed by atoms with Crippen molar-refractivity contribution in [3.63, 3.8) is 0 Å². The van der Waals surface area contributed by atoms with Crippen LogP contribution in [0.15, 0.2) is 24.3 Å². The van der Waals surface area contributed by atoms with Crippen LogP contribution in [0, 0.1) is 22.7 Å². The maximum Gasteiger partial charge on any atom is 0.251 e. The second-order valence-corrected chi connectivity index (χ2v) is 2.86. The summed E-state index contributed by atoms with van der Waals surface area (Å²) in [7, 11) is 0. The van der Waals surface area contributed by atoms with Crippen molar-refractivity contribution in [2.45, 2.75) is 6.42 Å². The molecule has 0 spiro atoms. The zero-order chi connectivity index (χ0) is 11.1. The third kappa shape index (κ3) is 3.13. The summed E-state index contributed by atoms with van der Waals surface area (Å²) in [6, 6.07) is 10.3. The lowest BCUT2D eigenvalue weighted by Gasteiger charge is -2.02. The second-order valence-electron chi connectivity index (χ2n) is 2.86. The highest BCUT2D eigenvalue weighted by atomic mass is 16.1. The van der Waals surface area contributed by atoms with Crippen LogP contribution < -0.4 is 5.32 Å². The molecular weight excluding hydrogens is 190 g/mol. The first kappa shape index (κ1) is 10.7. The number of benzene rings is 1. The summed E-state index contributed by atoms with van der Waals surface area (Å²) in [5.74, 6) is -0.262. The van der Waals surface area contributed by atoms with Gasteiger partial charge in [-0.15, -0.1) is 0 Å². The lowest BCUT2D eigenvalue weighted by atomic mass is 10.1. The molecule has 1 rings (SSSR count). The highest BCUT2D eigenvalue weighted by Crippen LogP contribution is 2.03. The Morgan fingerprint density at radius 3 is 2.87 bits per heavy atom. The van der Waals surface area contributed by atoms with Gasteiger partial charge in [-0.2, -0.15) is 10.5 Å². The van der Waals surface area contributed by atoms with E-state index in [4.69, 9.17) is 10.5 Å². The summed E-state index contributed by atoms with van der Waals surface area (Å²) in [6.45, 7) is 0.326. The van der Waals surface area contributed by atoms with Gasteiger partial charge in [0.25, 0.3) is 5.91 Å². The van der Waals surface area contributed by atoms with E-state index in [0.29, 0.717) is 17.7 Å². The molecule has 4 nitrogen and oxygen atoms in total. The van der Waals surface area contributed by atoms with Gasteiger partial charge >= 0.3 is 0 Å². The van der Waals surface area contributed by atoms with E-state index in [1.807, 2.05) is 12.1 Å². The van der Waals surface area contributed by atoms with Gasteiger partial charge in [-0.1, -0.05) is 6.07 Å². The molecule has 1 aromatic carbocycles. The molecule has 4 heteroatoms. The summed E-state index contributed by atoms with van der Waals surface area (Å²) >= 11 is 0. The molecule has 1 aromatic rings. The third-order valence-electron chi connectivity index (χ3n) is 1.78. The van der Waals surface area contributed by atoms with Crippen molar-refractivity contribution in [2.75, 3.05) is 6.54 Å². The second kappa shape index (κ2) is 5.41. The molecule has 0 unspecified atom stereocenters. The van der Waals surface area contributed by atoms with Crippen LogP contribution in [0.4, 0.5) is 0 Å². The number of nitrogens with one attached hydrogen (secondary N) is 1. The Hall–Kier alpha value is -2.33. The zero-order valence-corrected chi connectivity index (χ0v) is 8.03. The third-order valence-corrected chi connectivity index (χ3v) is 1.78. The van der Waals surface area contributed by atoms with Gasteiger partial charge in [-0.05, 0) is 18.2 Å². The van der Waals surface area contributed by atoms with Crippen molar-refractivity contribution in [1.82, 2.24) is 5.32 Å². The predicted octanol–water partition coefficient (Wildman–Crippen LogP) is 1.20. The van der Waals surface area contributed by atoms with Crippen molar-refractivity contribution < 1.29 is 4.79 Å². The zero-order valence-electron chi connectivity index (χ0n) is 8.03. The van der Waals surface area contributed by atoms with Gasteiger partial charge in [0.05, 0.1) is 24.1 Å². The van der Waals surface area contributed by atoms with E-state index in [2.05, 4.69) is 5.32 Å². The van der Waals surface area contributed by atoms with E-state index in [-0.39, 0.29) is 12.3 Å². The quantitative estimate of drug-likeness (QED) is 0.743. The van der Waals surface area contributed by atoms with Crippen LogP contribution in [-0.2, 0) is 0 Å². The topological polar surface area (TPSA) is 76.7 Å². The summed E-state index contributed by atoms with van der Waals surface area (Å²) in [6.07, 6.45) is 0.281. The Morgan fingerprint density at radius 2 is 2.20 bits per heavy atom. The van der Waals surface area contributed by atoms with Gasteiger partial charge in [-0.25, -0.2) is 0 Å². The van der Waals surface area contributed by atoms with Crippen molar-refractivity contribution in [1.29, 1.82) is 10.5 Å². The molecule has 15 heavy (non-hydrogen) atoms. The number of hydrogen-bond acceptors (Lipinski definition) is 3. The van der Waals surface area contributed by atoms with Gasteiger partial charge in [0.2, 0.25) is 0 Å². The molecule has 74 valence electrons. The maximum absolute atomic E-state index is 11.5. The fourth-order valence-electron chi connectivity index (χ4n) is 1.06. The minimum absolute atomic E-state index is 0.262. The monoisotopic (exact) mass is 199 g/mol. The van der Waals surface area contributed by atoms with Gasteiger partial charge in [-0.3, -0.25) is 4.79 Å². The van der Waals surface area contributed by atoms with E-state index in [1.165, 1.54) is 6.07 Å². The van der Waals surface area contributed by atoms with Gasteiger partial charge in [0, 0.05) is 12.1 Å². The molecule has 0 saturated heterocycles. The Kier molecular flexibility index (Phi) is 3.88. The normalized spacial score (nSPS) is 8.67. The summed E-state index contributed by atoms with van der Waals surface area (Å²) in [5.41, 5.74) is 0.884. The Balaban J connectivity index is 2.67. The Morgan fingerprint density at radius 1 is 1.40 bits per heavy atom. The predicted molar refractivity (Wildman–Crippen MR) is 53.7 cm³/mol. The molecular formula is C11H9N3O. The lowest BCUT2D eigenvalue weighted by Crippen LogP contribution is -2.24. The molecule has 0 aliphatic rings. The number of amides is 1. The van der Waals surface area contributed by atoms with E-state index in [1.54, 1.807) is 18.2 Å². The Bertz CT molecular complexity index is 440. The number of nitrogens with zero attached hydrogens (tertiary/aromatic N) is 2. The molecule has 0 aliphatic carbocycles. The first-order valence-corrected chi connectivity index (χ1v) is 4.43. The molecule has 1 N–H and O–H groups in total. The fourth-order valence-corrected chi connectivity index (χ4v) is 1.06. The fraction of sp³-hybridized carbons (Fsp3) is 0.182. The van der Waals surface area contributed by atoms with Crippen LogP contribution in [0.5, 0.6) is 0 Å². The molecule has 0 heterocycles. The van der Waals surface area contributed by atoms with E-state index < -0.39 is 0 Å². The van der Waals surface area contributed by atoms with Crippen LogP contribution in [-0.4, -0.2) is 12.5 Å². The van der Waals surface area contributed by atoms with Crippen LogP contribution in [0.2, 0.25) is 0 Å². The molecule has 0 saturated carbocycles. The molecule has 0 fully saturated rings. The maximum atomic E-state index is 11.5. The highest BCUT2D eigenvalue weighted by molar-refractivity contribution is 5.94. The van der Waals surface area contributed by atoms with Crippen molar-refractivity contribution in [3.05, 3.63) is 35.4 Å². The van der Waals surface area contributed by atoms with Crippen LogP contribution in [0.25, 0.3) is 0 Å². The van der Waals surface area contributed by atoms with Crippen LogP contribution in [0.1, 0.15) is 22.3 Å². The molecule has 1 amide bonds. The van der Waals surface area contributed by atoms with E-state index in [0.717, 1.165) is 0 Å². The van der Waals surface area contributed by atoms with Crippen LogP contribution in [0.3, 0.4) is 0 Å². The van der Waals surface area contributed by atoms with Crippen molar-refractivity contribution in [3.8, 4) is 12.1 Å². The van der Waals surface area contributed by atoms with E-state index in [9.17, 15) is 4.79 Å². The van der Waals surface area contributed by atoms with Crippen molar-refractivity contribution in [2.24, 2.45) is 0 Å². The number of carbonyl (C=O) groups is 1. The molecule has 0 radical (unpaired) electrons. The number of rotatable bonds is 3. The summed E-state index contributed by atoms with van der Waals surface area (Å²) < 4.78 is 0. The first-order valence-electron chi connectivity index (χ1n) is 4.43. The number of carbonyl (C=O) groups excluding carboxylic acids is 1. The standard InChI is InChI=1S/C11H9N3O/c12-5-2-6-14-11(15)10-4-1-3-9(7-10)8-13/h1,3-4,7H,2,6H2,(H,14,15). The highest BCUT2D eigenvalue weighted by Gasteiger charge is 2.04. The molecule has 0 bridgehead atoms. The Labute approximate surface area is 87.8 Å². The smallest absolute Gasteiger partial charge is 0.251 e. The van der Waals surface area contributed by atoms with Crippen LogP contribution >= 0.6 is 0 Å².